The van der Waals surface area contributed by atoms with E-state index in [1.807, 2.05) is 18.2 Å². The molecule has 0 bridgehead atoms. The third kappa shape index (κ3) is 8.71. The molecule has 0 N–H and O–H groups in total. The second-order valence-electron chi connectivity index (χ2n) is 14.3. The quantitative estimate of drug-likeness (QED) is 0.153. The first kappa shape index (κ1) is 38.0. The average Bonchev–Trinajstić information content (AvgIpc) is 3.00. The monoisotopic (exact) mass is 656 g/mol. The summed E-state index contributed by atoms with van der Waals surface area (Å²) >= 11 is 0. The van der Waals surface area contributed by atoms with Gasteiger partial charge in [-0.3, -0.25) is 0 Å². The van der Waals surface area contributed by atoms with Gasteiger partial charge in [-0.05, 0) is 122 Å². The summed E-state index contributed by atoms with van der Waals surface area (Å²) in [5, 5.41) is 0. The molecule has 0 unspecified atom stereocenters. The molecule has 0 aromatic heterocycles. The third-order valence-electron chi connectivity index (χ3n) is 8.55. The van der Waals surface area contributed by atoms with Crippen LogP contribution < -0.4 is 13.6 Å². The third-order valence-corrected chi connectivity index (χ3v) is 9.77. The molecule has 0 fully saturated rings. The minimum Gasteiger partial charge on any atom is -0.385 e. The van der Waals surface area contributed by atoms with Crippen molar-refractivity contribution in [3.05, 3.63) is 106 Å². The lowest BCUT2D eigenvalue weighted by atomic mass is 9.91. The van der Waals surface area contributed by atoms with Crippen molar-refractivity contribution in [2.45, 2.75) is 119 Å². The largest absolute Gasteiger partial charge is 0.647 e. The maximum atomic E-state index is 15.7. The van der Waals surface area contributed by atoms with Gasteiger partial charge in [0.25, 0.3) is 0 Å². The van der Waals surface area contributed by atoms with E-state index in [9.17, 15) is 0 Å². The Balaban J connectivity index is 2.47. The Hall–Kier alpha value is -3.49. The van der Waals surface area contributed by atoms with Crippen LogP contribution >= 0.6 is 7.82 Å². The predicted molar refractivity (Wildman–Crippen MR) is 204 cm³/mol. The molecule has 3 rings (SSSR count). The van der Waals surface area contributed by atoms with Crippen molar-refractivity contribution in [3.63, 3.8) is 0 Å². The highest BCUT2D eigenvalue weighted by atomic mass is 31.2. The highest BCUT2D eigenvalue weighted by Gasteiger charge is 2.39. The molecule has 47 heavy (non-hydrogen) atoms. The lowest BCUT2D eigenvalue weighted by molar-refractivity contribution is 0.290. The second kappa shape index (κ2) is 15.6. The number of hydrogen-bond acceptors (Lipinski definition) is 4. The van der Waals surface area contributed by atoms with Gasteiger partial charge in [-0.1, -0.05) is 121 Å². The zero-order valence-electron chi connectivity index (χ0n) is 30.9. The Kier molecular flexibility index (Phi) is 12.6. The van der Waals surface area contributed by atoms with Gasteiger partial charge in [-0.25, -0.2) is 0 Å². The Morgan fingerprint density at radius 1 is 0.426 bits per heavy atom. The highest BCUT2D eigenvalue weighted by molar-refractivity contribution is 7.49. The van der Waals surface area contributed by atoms with E-state index >= 15 is 4.57 Å². The first-order chi connectivity index (χ1) is 22.0. The molecule has 0 spiro atoms. The van der Waals surface area contributed by atoms with Crippen molar-refractivity contribution in [3.8, 4) is 17.2 Å². The molecule has 0 saturated carbocycles. The van der Waals surface area contributed by atoms with E-state index in [0.717, 1.165) is 50.1 Å². The minimum absolute atomic E-state index is 0.0736. The van der Waals surface area contributed by atoms with Gasteiger partial charge in [0, 0.05) is 0 Å². The van der Waals surface area contributed by atoms with Gasteiger partial charge in [0.1, 0.15) is 17.2 Å². The van der Waals surface area contributed by atoms with Gasteiger partial charge >= 0.3 is 7.82 Å². The Morgan fingerprint density at radius 3 is 0.723 bits per heavy atom. The highest BCUT2D eigenvalue weighted by Crippen LogP contribution is 2.57. The molecule has 0 heterocycles. The van der Waals surface area contributed by atoms with Crippen molar-refractivity contribution in [1.82, 2.24) is 0 Å². The summed E-state index contributed by atoms with van der Waals surface area (Å²) in [7, 11) is -4.43. The van der Waals surface area contributed by atoms with Crippen LogP contribution in [0.15, 0.2) is 56.1 Å². The van der Waals surface area contributed by atoms with Gasteiger partial charge in [0.2, 0.25) is 0 Å². The Morgan fingerprint density at radius 2 is 0.596 bits per heavy atom. The molecular formula is C42H57O4P. The molecule has 5 heteroatoms. The average molecular weight is 657 g/mol. The first-order valence-corrected chi connectivity index (χ1v) is 18.5. The zero-order chi connectivity index (χ0) is 35.4. The van der Waals surface area contributed by atoms with Crippen molar-refractivity contribution >= 4 is 26.1 Å². The SMILES string of the molecule is C=Cc1cc(C(C)C)c(OP(=O)(Oc2c(C(C)C)cc(C=C)cc2C(C)C)Oc2c(C(C)C)cc(C=C)cc2C(C)C)c(C(C)C)c1. The lowest BCUT2D eigenvalue weighted by Crippen LogP contribution is -2.15. The van der Waals surface area contributed by atoms with Crippen molar-refractivity contribution in [1.29, 1.82) is 0 Å². The Labute approximate surface area is 285 Å². The molecule has 3 aromatic carbocycles. The van der Waals surface area contributed by atoms with Gasteiger partial charge in [0.15, 0.2) is 0 Å². The summed E-state index contributed by atoms with van der Waals surface area (Å²) in [5.74, 6) is 2.04. The van der Waals surface area contributed by atoms with Gasteiger partial charge in [-0.15, -0.1) is 0 Å². The smallest absolute Gasteiger partial charge is 0.385 e. The summed E-state index contributed by atoms with van der Waals surface area (Å²) in [6, 6.07) is 12.3. The van der Waals surface area contributed by atoms with E-state index in [-0.39, 0.29) is 35.5 Å². The summed E-state index contributed by atoms with van der Waals surface area (Å²) in [6.45, 7) is 37.3. The van der Waals surface area contributed by atoms with Crippen molar-refractivity contribution in [2.75, 3.05) is 0 Å². The van der Waals surface area contributed by atoms with Crippen LogP contribution in [0.25, 0.3) is 18.2 Å². The van der Waals surface area contributed by atoms with Gasteiger partial charge in [-0.2, -0.15) is 4.57 Å². The first-order valence-electron chi connectivity index (χ1n) is 17.1. The van der Waals surface area contributed by atoms with E-state index in [2.05, 4.69) is 139 Å². The number of phosphoric ester groups is 1. The minimum atomic E-state index is -4.43. The number of benzene rings is 3. The normalized spacial score (nSPS) is 12.0. The fraction of sp³-hybridized carbons (Fsp3) is 0.429. The lowest BCUT2D eigenvalue weighted by Gasteiger charge is -2.29. The van der Waals surface area contributed by atoms with Crippen molar-refractivity contribution in [2.24, 2.45) is 0 Å². The van der Waals surface area contributed by atoms with Crippen molar-refractivity contribution < 1.29 is 18.1 Å². The van der Waals surface area contributed by atoms with Crippen LogP contribution in [0.3, 0.4) is 0 Å². The van der Waals surface area contributed by atoms with E-state index in [0.29, 0.717) is 17.2 Å². The number of rotatable bonds is 15. The van der Waals surface area contributed by atoms with Crippen LogP contribution in [-0.4, -0.2) is 0 Å². The number of phosphoric acid groups is 1. The summed E-state index contributed by atoms with van der Waals surface area (Å²) < 4.78 is 36.1. The van der Waals surface area contributed by atoms with E-state index in [1.165, 1.54) is 0 Å². The maximum absolute atomic E-state index is 15.7. The molecule has 0 atom stereocenters. The molecule has 254 valence electrons. The molecule has 0 saturated heterocycles. The molecule has 0 radical (unpaired) electrons. The standard InChI is InChI=1S/C42H57O4P/c1-16-31-19-34(25(4)5)40(35(20-31)26(6)7)44-47(43,45-41-36(27(8)9)21-32(17-2)22-37(41)28(10)11)46-42-38(29(12)13)23-33(18-3)24-39(42)30(14)15/h16-30H,1-3H2,4-15H3. The van der Waals surface area contributed by atoms with Crippen LogP contribution in [0.5, 0.6) is 17.2 Å². The van der Waals surface area contributed by atoms with Crippen LogP contribution in [-0.2, 0) is 4.57 Å². The summed E-state index contributed by atoms with van der Waals surface area (Å²) in [5.41, 5.74) is 8.47. The van der Waals surface area contributed by atoms with Crippen LogP contribution in [0.2, 0.25) is 0 Å². The van der Waals surface area contributed by atoms with Crippen LogP contribution in [0.4, 0.5) is 0 Å². The summed E-state index contributed by atoms with van der Waals surface area (Å²) in [6.07, 6.45) is 5.51. The van der Waals surface area contributed by atoms with Crippen LogP contribution in [0, 0.1) is 0 Å². The van der Waals surface area contributed by atoms with E-state index in [1.54, 1.807) is 0 Å². The predicted octanol–water partition coefficient (Wildman–Crippen LogP) is 14.0. The molecule has 0 aliphatic carbocycles. The molecule has 0 amide bonds. The molecular weight excluding hydrogens is 599 g/mol. The molecule has 4 nitrogen and oxygen atoms in total. The van der Waals surface area contributed by atoms with Crippen LogP contribution in [0.1, 0.15) is 169 Å². The fourth-order valence-corrected chi connectivity index (χ4v) is 7.14. The van der Waals surface area contributed by atoms with Gasteiger partial charge in [0.05, 0.1) is 0 Å². The zero-order valence-corrected chi connectivity index (χ0v) is 31.8. The fourth-order valence-electron chi connectivity index (χ4n) is 5.73. The van der Waals surface area contributed by atoms with Gasteiger partial charge < -0.3 is 13.6 Å². The van der Waals surface area contributed by atoms with E-state index in [4.69, 9.17) is 13.6 Å². The van der Waals surface area contributed by atoms with E-state index < -0.39 is 7.82 Å². The summed E-state index contributed by atoms with van der Waals surface area (Å²) in [4.78, 5) is 0. The topological polar surface area (TPSA) is 44.8 Å². The molecule has 0 aliphatic rings. The molecule has 0 aliphatic heterocycles. The maximum Gasteiger partial charge on any atom is 0.647 e. The molecule has 3 aromatic rings. The number of hydrogen-bond donors (Lipinski definition) is 0. The second-order valence-corrected chi connectivity index (χ2v) is 15.8. The Bertz CT molecular complexity index is 1370.